The third-order valence-corrected chi connectivity index (χ3v) is 8.97. The molecule has 9 nitrogen and oxygen atoms in total. The number of anilines is 1. The minimum absolute atomic E-state index is 0.000400. The van der Waals surface area contributed by atoms with Crippen LogP contribution in [0.2, 0.25) is 5.15 Å². The quantitative estimate of drug-likeness (QED) is 0.218. The molecular weight excluding hydrogens is 594 g/mol. The zero-order chi connectivity index (χ0) is 31.3. The lowest BCUT2D eigenvalue weighted by atomic mass is 9.96. The zero-order valence-electron chi connectivity index (χ0n) is 25.9. The number of rotatable bonds is 7. The van der Waals surface area contributed by atoms with Crippen molar-refractivity contribution in [1.82, 2.24) is 30.0 Å². The van der Waals surface area contributed by atoms with Gasteiger partial charge in [0.1, 0.15) is 11.0 Å². The Morgan fingerprint density at radius 2 is 1.55 bits per heavy atom. The van der Waals surface area contributed by atoms with Gasteiger partial charge in [-0.15, -0.1) is 0 Å². The van der Waals surface area contributed by atoms with Crippen molar-refractivity contribution in [2.75, 3.05) is 56.5 Å². The first-order chi connectivity index (χ1) is 21.1. The summed E-state index contributed by atoms with van der Waals surface area (Å²) in [7, 11) is 0. The van der Waals surface area contributed by atoms with Crippen molar-refractivity contribution in [2.24, 2.45) is 0 Å². The number of benzene rings is 2. The van der Waals surface area contributed by atoms with Gasteiger partial charge in [-0.25, -0.2) is 14.8 Å². The van der Waals surface area contributed by atoms with Crippen molar-refractivity contribution in [3.8, 4) is 0 Å². The van der Waals surface area contributed by atoms with Gasteiger partial charge in [-0.2, -0.15) is 0 Å². The average molecular weight is 636 g/mol. The van der Waals surface area contributed by atoms with E-state index in [0.29, 0.717) is 48.9 Å². The zero-order valence-corrected chi connectivity index (χ0v) is 27.5. The van der Waals surface area contributed by atoms with Gasteiger partial charge >= 0.3 is 6.03 Å². The summed E-state index contributed by atoms with van der Waals surface area (Å²) in [5.41, 5.74) is 2.22. The molecule has 2 aromatic carbocycles. The number of hydrogen-bond donors (Lipinski definition) is 1. The van der Waals surface area contributed by atoms with Crippen LogP contribution in [0.5, 0.6) is 0 Å². The maximum atomic E-state index is 13.2. The summed E-state index contributed by atoms with van der Waals surface area (Å²) in [4.78, 5) is 43.5. The molecule has 11 heteroatoms. The number of urea groups is 1. The predicted molar refractivity (Wildman–Crippen MR) is 177 cm³/mol. The van der Waals surface area contributed by atoms with Crippen LogP contribution in [-0.4, -0.2) is 99.8 Å². The van der Waals surface area contributed by atoms with Crippen LogP contribution >= 0.6 is 23.4 Å². The van der Waals surface area contributed by atoms with Crippen LogP contribution in [-0.2, 0) is 4.79 Å². The third kappa shape index (κ3) is 8.22. The largest absolute Gasteiger partial charge is 0.353 e. The topological polar surface area (TPSA) is 84.9 Å². The molecule has 1 N–H and O–H groups in total. The van der Waals surface area contributed by atoms with Gasteiger partial charge in [-0.1, -0.05) is 84.0 Å². The van der Waals surface area contributed by atoms with Gasteiger partial charge in [0, 0.05) is 63.5 Å². The summed E-state index contributed by atoms with van der Waals surface area (Å²) in [6.07, 6.45) is 0. The maximum Gasteiger partial charge on any atom is 0.318 e. The molecule has 2 aliphatic rings. The molecule has 0 radical (unpaired) electrons. The first-order valence-electron chi connectivity index (χ1n) is 15.2. The molecular formula is C33H42ClN7O2S. The Hall–Kier alpha value is -3.34. The summed E-state index contributed by atoms with van der Waals surface area (Å²) >= 11 is 7.72. The smallest absolute Gasteiger partial charge is 0.318 e. The second-order valence-electron chi connectivity index (χ2n) is 12.4. The monoisotopic (exact) mass is 635 g/mol. The van der Waals surface area contributed by atoms with Gasteiger partial charge in [0.15, 0.2) is 5.16 Å². The number of aromatic nitrogens is 2. The summed E-state index contributed by atoms with van der Waals surface area (Å²) < 4.78 is 0. The number of piperazine rings is 2. The standard InChI is InChI=1S/C33H42ClN7O2S/c1-24-22-40(19-20-41(24)32(43)37-33(2,3)4)28-21-27(34)35-31(36-28)44-23-29(42)38-15-17-39(18-16-38)30(25-11-7-5-8-12-25)26-13-9-6-10-14-26/h5-14,21,24,30H,15-20,22-23H2,1-4H3,(H,37,43)/t24-/m1/s1. The number of hydrogen-bond acceptors (Lipinski definition) is 7. The number of carbonyl (C=O) groups excluding carboxylic acids is 2. The number of halogens is 1. The fraction of sp³-hybridized carbons (Fsp3) is 0.455. The highest BCUT2D eigenvalue weighted by atomic mass is 35.5. The van der Waals surface area contributed by atoms with Gasteiger partial charge in [-0.3, -0.25) is 9.69 Å². The van der Waals surface area contributed by atoms with Crippen LogP contribution in [0.25, 0.3) is 0 Å². The summed E-state index contributed by atoms with van der Waals surface area (Å²) in [6.45, 7) is 12.7. The van der Waals surface area contributed by atoms with E-state index in [4.69, 9.17) is 16.6 Å². The lowest BCUT2D eigenvalue weighted by molar-refractivity contribution is -0.130. The van der Waals surface area contributed by atoms with Gasteiger partial charge in [0.2, 0.25) is 5.91 Å². The van der Waals surface area contributed by atoms with Gasteiger partial charge in [0.25, 0.3) is 0 Å². The van der Waals surface area contributed by atoms with Gasteiger partial charge < -0.3 is 20.0 Å². The first kappa shape index (κ1) is 32.1. The summed E-state index contributed by atoms with van der Waals surface area (Å²) in [5, 5.41) is 3.87. The molecule has 3 aromatic rings. The predicted octanol–water partition coefficient (Wildman–Crippen LogP) is 5.17. The van der Waals surface area contributed by atoms with E-state index in [0.717, 1.165) is 13.1 Å². The number of amides is 3. The van der Waals surface area contributed by atoms with E-state index in [9.17, 15) is 9.59 Å². The molecule has 2 aliphatic heterocycles. The molecule has 3 amide bonds. The molecule has 5 rings (SSSR count). The van der Waals surface area contributed by atoms with Crippen LogP contribution in [0.3, 0.4) is 0 Å². The van der Waals surface area contributed by atoms with Gasteiger partial charge in [0.05, 0.1) is 11.8 Å². The van der Waals surface area contributed by atoms with Crippen LogP contribution in [0, 0.1) is 0 Å². The van der Waals surface area contributed by atoms with E-state index in [1.165, 1.54) is 22.9 Å². The highest BCUT2D eigenvalue weighted by molar-refractivity contribution is 7.99. The maximum absolute atomic E-state index is 13.2. The van der Waals surface area contributed by atoms with Crippen LogP contribution < -0.4 is 10.2 Å². The van der Waals surface area contributed by atoms with Crippen molar-refractivity contribution < 1.29 is 9.59 Å². The minimum atomic E-state index is -0.294. The number of nitrogens with one attached hydrogen (secondary N) is 1. The Labute approximate surface area is 270 Å². The van der Waals surface area contributed by atoms with E-state index in [-0.39, 0.29) is 35.3 Å². The van der Waals surface area contributed by atoms with E-state index >= 15 is 0 Å². The lowest BCUT2D eigenvalue weighted by Crippen LogP contribution is -2.59. The van der Waals surface area contributed by atoms with Crippen molar-refractivity contribution >= 4 is 41.1 Å². The summed E-state index contributed by atoms with van der Waals surface area (Å²) in [6, 6.07) is 23.0. The molecule has 0 saturated carbocycles. The Morgan fingerprint density at radius 3 is 2.11 bits per heavy atom. The molecule has 1 aromatic heterocycles. The molecule has 234 valence electrons. The Balaban J connectivity index is 1.16. The lowest BCUT2D eigenvalue weighted by Gasteiger charge is -2.41. The molecule has 0 unspecified atom stereocenters. The Bertz CT molecular complexity index is 1380. The average Bonchev–Trinajstić information content (AvgIpc) is 3.00. The minimum Gasteiger partial charge on any atom is -0.353 e. The molecule has 1 atom stereocenters. The second-order valence-corrected chi connectivity index (χ2v) is 13.8. The van der Waals surface area contributed by atoms with E-state index < -0.39 is 0 Å². The summed E-state index contributed by atoms with van der Waals surface area (Å²) in [5.74, 6) is 1.03. The van der Waals surface area contributed by atoms with Crippen molar-refractivity contribution in [3.05, 3.63) is 83.0 Å². The van der Waals surface area contributed by atoms with Crippen LogP contribution in [0.4, 0.5) is 10.6 Å². The molecule has 3 heterocycles. The number of thioether (sulfide) groups is 1. The highest BCUT2D eigenvalue weighted by Gasteiger charge is 2.31. The Morgan fingerprint density at radius 1 is 0.932 bits per heavy atom. The van der Waals surface area contributed by atoms with Crippen molar-refractivity contribution in [1.29, 1.82) is 0 Å². The van der Waals surface area contributed by atoms with Crippen molar-refractivity contribution in [2.45, 2.75) is 50.5 Å². The number of nitrogens with zero attached hydrogens (tertiary/aromatic N) is 6. The number of carbonyl (C=O) groups is 2. The Kier molecular flexibility index (Phi) is 10.3. The fourth-order valence-electron chi connectivity index (χ4n) is 5.80. The van der Waals surface area contributed by atoms with Crippen molar-refractivity contribution in [3.63, 3.8) is 0 Å². The second kappa shape index (κ2) is 14.2. The molecule has 2 saturated heterocycles. The SMILES string of the molecule is C[C@@H]1CN(c2cc(Cl)nc(SCC(=O)N3CCN(C(c4ccccc4)c4ccccc4)CC3)n2)CCN1C(=O)NC(C)(C)C. The normalized spacial score (nSPS) is 18.0. The fourth-order valence-corrected chi connectivity index (χ4v) is 6.79. The van der Waals surface area contributed by atoms with Crippen LogP contribution in [0.15, 0.2) is 71.9 Å². The van der Waals surface area contributed by atoms with Crippen LogP contribution in [0.1, 0.15) is 44.9 Å². The van der Waals surface area contributed by atoms with E-state index in [1.54, 1.807) is 6.07 Å². The molecule has 44 heavy (non-hydrogen) atoms. The highest BCUT2D eigenvalue weighted by Crippen LogP contribution is 2.30. The van der Waals surface area contributed by atoms with E-state index in [2.05, 4.69) is 68.6 Å². The molecule has 0 bridgehead atoms. The van der Waals surface area contributed by atoms with Gasteiger partial charge in [-0.05, 0) is 38.8 Å². The molecule has 0 aliphatic carbocycles. The third-order valence-electron chi connectivity index (χ3n) is 7.94. The first-order valence-corrected chi connectivity index (χ1v) is 16.6. The molecule has 2 fully saturated rings. The van der Waals surface area contributed by atoms with E-state index in [1.807, 2.05) is 49.6 Å². The molecule has 0 spiro atoms.